The van der Waals surface area contributed by atoms with Crippen molar-refractivity contribution in [3.63, 3.8) is 0 Å². The van der Waals surface area contributed by atoms with E-state index < -0.39 is 0 Å². The van der Waals surface area contributed by atoms with E-state index in [0.29, 0.717) is 0 Å². The molecule has 3 heterocycles. The van der Waals surface area contributed by atoms with Crippen LogP contribution < -0.4 is 5.73 Å². The van der Waals surface area contributed by atoms with E-state index >= 15 is 0 Å². The van der Waals surface area contributed by atoms with E-state index in [4.69, 9.17) is 10.5 Å². The largest absolute Gasteiger partial charge is 0.394 e. The SMILES string of the molecule is N[C@@H]1CC[C@H](CCn2cc(-c3ccccn3)nn2)O[C@H]1CO. The summed E-state index contributed by atoms with van der Waals surface area (Å²) < 4.78 is 7.61. The molecule has 0 radical (unpaired) electrons. The van der Waals surface area contributed by atoms with E-state index in [-0.39, 0.29) is 24.9 Å². The van der Waals surface area contributed by atoms with Gasteiger partial charge in [0.05, 0.1) is 30.7 Å². The van der Waals surface area contributed by atoms with Crippen LogP contribution in [0.25, 0.3) is 11.4 Å². The average Bonchev–Trinajstić information content (AvgIpc) is 3.04. The molecular weight excluding hydrogens is 282 g/mol. The lowest BCUT2D eigenvalue weighted by atomic mass is 9.98. The van der Waals surface area contributed by atoms with Crippen LogP contribution in [0.15, 0.2) is 30.6 Å². The molecule has 0 amide bonds. The molecule has 0 aliphatic carbocycles. The summed E-state index contributed by atoms with van der Waals surface area (Å²) in [5.74, 6) is 0. The van der Waals surface area contributed by atoms with Crippen molar-refractivity contribution in [2.45, 2.75) is 44.1 Å². The number of aliphatic hydroxyl groups is 1. The van der Waals surface area contributed by atoms with Gasteiger partial charge in [-0.15, -0.1) is 5.10 Å². The minimum Gasteiger partial charge on any atom is -0.394 e. The second kappa shape index (κ2) is 6.95. The van der Waals surface area contributed by atoms with Crippen LogP contribution in [0.1, 0.15) is 19.3 Å². The summed E-state index contributed by atoms with van der Waals surface area (Å²) >= 11 is 0. The molecule has 7 heteroatoms. The molecule has 0 aromatic carbocycles. The maximum absolute atomic E-state index is 9.25. The Hall–Kier alpha value is -1.83. The second-order valence-electron chi connectivity index (χ2n) is 5.59. The quantitative estimate of drug-likeness (QED) is 0.839. The summed E-state index contributed by atoms with van der Waals surface area (Å²) in [7, 11) is 0. The molecule has 0 unspecified atom stereocenters. The Balaban J connectivity index is 1.55. The van der Waals surface area contributed by atoms with Crippen LogP contribution in [-0.4, -0.2) is 49.9 Å². The first-order valence-corrected chi connectivity index (χ1v) is 7.59. The van der Waals surface area contributed by atoms with Gasteiger partial charge in [-0.3, -0.25) is 9.67 Å². The Bertz CT molecular complexity index is 589. The van der Waals surface area contributed by atoms with Crippen molar-refractivity contribution in [1.29, 1.82) is 0 Å². The monoisotopic (exact) mass is 303 g/mol. The molecule has 3 atom stereocenters. The molecule has 7 nitrogen and oxygen atoms in total. The number of hydrogen-bond donors (Lipinski definition) is 2. The Morgan fingerprint density at radius 3 is 3.00 bits per heavy atom. The van der Waals surface area contributed by atoms with Crippen LogP contribution in [0.4, 0.5) is 0 Å². The molecule has 2 aromatic rings. The lowest BCUT2D eigenvalue weighted by molar-refractivity contribution is -0.0861. The number of aromatic nitrogens is 4. The van der Waals surface area contributed by atoms with Gasteiger partial charge in [-0.25, -0.2) is 0 Å². The minimum absolute atomic E-state index is 0.0230. The third-order valence-corrected chi connectivity index (χ3v) is 3.99. The Labute approximate surface area is 129 Å². The fraction of sp³-hybridized carbons (Fsp3) is 0.533. The summed E-state index contributed by atoms with van der Waals surface area (Å²) in [6.45, 7) is 0.697. The summed E-state index contributed by atoms with van der Waals surface area (Å²) in [4.78, 5) is 4.26. The fourth-order valence-electron chi connectivity index (χ4n) is 2.69. The van der Waals surface area contributed by atoms with E-state index in [9.17, 15) is 5.11 Å². The van der Waals surface area contributed by atoms with Crippen LogP contribution in [0.3, 0.4) is 0 Å². The number of rotatable bonds is 5. The summed E-state index contributed by atoms with van der Waals surface area (Å²) in [5.41, 5.74) is 7.49. The van der Waals surface area contributed by atoms with Gasteiger partial charge >= 0.3 is 0 Å². The normalized spacial score (nSPS) is 25.3. The Morgan fingerprint density at radius 2 is 2.23 bits per heavy atom. The number of aryl methyl sites for hydroxylation is 1. The number of nitrogens with two attached hydrogens (primary N) is 1. The number of ether oxygens (including phenoxy) is 1. The highest BCUT2D eigenvalue weighted by Crippen LogP contribution is 2.21. The summed E-state index contributed by atoms with van der Waals surface area (Å²) in [6.07, 6.45) is 6.11. The highest BCUT2D eigenvalue weighted by atomic mass is 16.5. The van der Waals surface area contributed by atoms with Gasteiger partial charge in [-0.1, -0.05) is 11.3 Å². The van der Waals surface area contributed by atoms with Gasteiger partial charge in [-0.05, 0) is 31.4 Å². The van der Waals surface area contributed by atoms with Gasteiger partial charge in [0.1, 0.15) is 5.69 Å². The lowest BCUT2D eigenvalue weighted by Crippen LogP contribution is -2.46. The molecule has 1 aliphatic heterocycles. The molecule has 1 aliphatic rings. The second-order valence-corrected chi connectivity index (χ2v) is 5.59. The third-order valence-electron chi connectivity index (χ3n) is 3.99. The van der Waals surface area contributed by atoms with Gasteiger partial charge < -0.3 is 15.6 Å². The van der Waals surface area contributed by atoms with Crippen LogP contribution in [0.5, 0.6) is 0 Å². The van der Waals surface area contributed by atoms with Crippen molar-refractivity contribution in [3.05, 3.63) is 30.6 Å². The molecule has 1 saturated heterocycles. The topological polar surface area (TPSA) is 99.1 Å². The molecule has 0 saturated carbocycles. The molecule has 3 rings (SSSR count). The summed E-state index contributed by atoms with van der Waals surface area (Å²) in [5, 5.41) is 17.5. The maximum Gasteiger partial charge on any atom is 0.131 e. The van der Waals surface area contributed by atoms with Crippen molar-refractivity contribution >= 4 is 0 Å². The molecule has 1 fully saturated rings. The van der Waals surface area contributed by atoms with Crippen molar-refractivity contribution < 1.29 is 9.84 Å². The molecule has 22 heavy (non-hydrogen) atoms. The zero-order chi connectivity index (χ0) is 15.4. The highest BCUT2D eigenvalue weighted by molar-refractivity contribution is 5.51. The third kappa shape index (κ3) is 3.49. The standard InChI is InChI=1S/C15H21N5O2/c16-12-5-4-11(22-15(12)10-21)6-8-20-9-14(18-19-20)13-3-1-2-7-17-13/h1-3,7,9,11-12,15,21H,4-6,8,10,16H2/t11-,12-,15+/m1/s1. The van der Waals surface area contributed by atoms with Gasteiger partial charge in [0.25, 0.3) is 0 Å². The van der Waals surface area contributed by atoms with Crippen LogP contribution in [-0.2, 0) is 11.3 Å². The smallest absolute Gasteiger partial charge is 0.131 e. The van der Waals surface area contributed by atoms with Gasteiger partial charge in [0, 0.05) is 18.8 Å². The highest BCUT2D eigenvalue weighted by Gasteiger charge is 2.28. The van der Waals surface area contributed by atoms with E-state index in [1.807, 2.05) is 24.4 Å². The molecule has 2 aromatic heterocycles. The predicted octanol–water partition coefficient (Wildman–Crippen LogP) is 0.597. The fourth-order valence-corrected chi connectivity index (χ4v) is 2.69. The average molecular weight is 303 g/mol. The number of aliphatic hydroxyl groups excluding tert-OH is 1. The van der Waals surface area contributed by atoms with Crippen molar-refractivity contribution in [3.8, 4) is 11.4 Å². The number of hydrogen-bond acceptors (Lipinski definition) is 6. The Kier molecular flexibility index (Phi) is 4.77. The number of nitrogens with zero attached hydrogens (tertiary/aromatic N) is 4. The van der Waals surface area contributed by atoms with E-state index in [1.54, 1.807) is 10.9 Å². The first-order chi connectivity index (χ1) is 10.8. The molecule has 3 N–H and O–H groups in total. The predicted molar refractivity (Wildman–Crippen MR) is 80.8 cm³/mol. The maximum atomic E-state index is 9.25. The van der Waals surface area contributed by atoms with E-state index in [1.165, 1.54) is 0 Å². The van der Waals surface area contributed by atoms with Gasteiger partial charge in [0.15, 0.2) is 0 Å². The van der Waals surface area contributed by atoms with Crippen molar-refractivity contribution in [1.82, 2.24) is 20.0 Å². The van der Waals surface area contributed by atoms with Crippen LogP contribution >= 0.6 is 0 Å². The zero-order valence-corrected chi connectivity index (χ0v) is 12.4. The molecule has 118 valence electrons. The lowest BCUT2D eigenvalue weighted by Gasteiger charge is -2.33. The number of pyridine rings is 1. The van der Waals surface area contributed by atoms with Crippen LogP contribution in [0.2, 0.25) is 0 Å². The minimum atomic E-state index is -0.251. The van der Waals surface area contributed by atoms with E-state index in [2.05, 4.69) is 15.3 Å². The van der Waals surface area contributed by atoms with Gasteiger partial charge in [0.2, 0.25) is 0 Å². The van der Waals surface area contributed by atoms with E-state index in [0.717, 1.165) is 37.2 Å². The van der Waals surface area contributed by atoms with Crippen molar-refractivity contribution in [2.24, 2.45) is 5.73 Å². The van der Waals surface area contributed by atoms with Crippen LogP contribution in [0, 0.1) is 0 Å². The summed E-state index contributed by atoms with van der Waals surface area (Å²) in [6, 6.07) is 5.64. The molecule has 0 spiro atoms. The first-order valence-electron chi connectivity index (χ1n) is 7.59. The Morgan fingerprint density at radius 1 is 1.32 bits per heavy atom. The van der Waals surface area contributed by atoms with Crippen molar-refractivity contribution in [2.75, 3.05) is 6.61 Å². The molecule has 0 bridgehead atoms. The first kappa shape index (κ1) is 15.1. The molecular formula is C15H21N5O2. The van der Waals surface area contributed by atoms with Gasteiger partial charge in [-0.2, -0.15) is 0 Å². The zero-order valence-electron chi connectivity index (χ0n) is 12.4.